The Morgan fingerprint density at radius 3 is 2.91 bits per heavy atom. The fraction of sp³-hybridized carbons (Fsp3) is 0.278. The van der Waals surface area contributed by atoms with E-state index in [1.807, 2.05) is 6.07 Å². The van der Waals surface area contributed by atoms with Gasteiger partial charge < -0.3 is 4.74 Å². The number of pyridine rings is 1. The number of morpholine rings is 1. The fourth-order valence-electron chi connectivity index (χ4n) is 3.04. The summed E-state index contributed by atoms with van der Waals surface area (Å²) in [5, 5.41) is 3.27. The van der Waals surface area contributed by atoms with Crippen molar-refractivity contribution in [1.82, 2.24) is 9.88 Å². The van der Waals surface area contributed by atoms with Crippen molar-refractivity contribution in [1.29, 1.82) is 0 Å². The number of ether oxygens (including phenoxy) is 1. The number of hydrogen-bond acceptors (Lipinski definition) is 4. The second kappa shape index (κ2) is 6.35. The summed E-state index contributed by atoms with van der Waals surface area (Å²) in [6, 6.07) is 9.85. The van der Waals surface area contributed by atoms with Crippen molar-refractivity contribution < 1.29 is 9.13 Å². The molecule has 1 fully saturated rings. The van der Waals surface area contributed by atoms with Crippen molar-refractivity contribution >= 4 is 21.4 Å². The summed E-state index contributed by atoms with van der Waals surface area (Å²) in [6.45, 7) is 4.09. The third-order valence-corrected chi connectivity index (χ3v) is 5.18. The zero-order chi connectivity index (χ0) is 15.6. The van der Waals surface area contributed by atoms with E-state index < -0.39 is 5.95 Å². The Hall–Kier alpha value is -1.82. The molecular formula is C18H17FN2OS. The van der Waals surface area contributed by atoms with E-state index in [2.05, 4.69) is 33.5 Å². The number of benzene rings is 1. The minimum atomic E-state index is -0.431. The van der Waals surface area contributed by atoms with E-state index >= 15 is 0 Å². The third kappa shape index (κ3) is 3.00. The SMILES string of the molecule is Fc1cc(-c2cccc3ccsc23)c(CN2CCOCC2)cn1. The van der Waals surface area contributed by atoms with Crippen LogP contribution in [0.3, 0.4) is 0 Å². The van der Waals surface area contributed by atoms with Crippen LogP contribution in [0.1, 0.15) is 5.56 Å². The molecule has 5 heteroatoms. The van der Waals surface area contributed by atoms with Crippen LogP contribution >= 0.6 is 11.3 Å². The van der Waals surface area contributed by atoms with Gasteiger partial charge in [0, 0.05) is 42.2 Å². The van der Waals surface area contributed by atoms with Gasteiger partial charge in [-0.2, -0.15) is 4.39 Å². The first kappa shape index (κ1) is 14.8. The van der Waals surface area contributed by atoms with Gasteiger partial charge in [0.1, 0.15) is 0 Å². The lowest BCUT2D eigenvalue weighted by atomic mass is 10.00. The van der Waals surface area contributed by atoms with Crippen LogP contribution in [0, 0.1) is 5.95 Å². The minimum absolute atomic E-state index is 0.431. The van der Waals surface area contributed by atoms with Gasteiger partial charge >= 0.3 is 0 Å². The topological polar surface area (TPSA) is 25.4 Å². The Morgan fingerprint density at radius 2 is 2.04 bits per heavy atom. The maximum atomic E-state index is 13.8. The average molecular weight is 328 g/mol. The molecule has 0 bridgehead atoms. The van der Waals surface area contributed by atoms with E-state index in [0.29, 0.717) is 0 Å². The van der Waals surface area contributed by atoms with Gasteiger partial charge in [-0.3, -0.25) is 4.90 Å². The Balaban J connectivity index is 1.77. The normalized spacial score (nSPS) is 16.0. The second-order valence-corrected chi connectivity index (χ2v) is 6.61. The molecule has 0 spiro atoms. The first-order valence-corrected chi connectivity index (χ1v) is 8.60. The highest BCUT2D eigenvalue weighted by molar-refractivity contribution is 7.17. The predicted molar refractivity (Wildman–Crippen MR) is 91.1 cm³/mol. The summed E-state index contributed by atoms with van der Waals surface area (Å²) < 4.78 is 20.4. The van der Waals surface area contributed by atoms with Gasteiger partial charge in [-0.25, -0.2) is 4.98 Å². The molecule has 1 aromatic carbocycles. The van der Waals surface area contributed by atoms with Crippen molar-refractivity contribution in [3.8, 4) is 11.1 Å². The number of aromatic nitrogens is 1. The van der Waals surface area contributed by atoms with E-state index in [4.69, 9.17) is 4.74 Å². The van der Waals surface area contributed by atoms with E-state index in [1.165, 1.54) is 10.1 Å². The molecule has 118 valence electrons. The molecule has 1 saturated heterocycles. The highest BCUT2D eigenvalue weighted by Gasteiger charge is 2.16. The lowest BCUT2D eigenvalue weighted by molar-refractivity contribution is 0.0342. The highest BCUT2D eigenvalue weighted by Crippen LogP contribution is 2.34. The van der Waals surface area contributed by atoms with Gasteiger partial charge in [-0.05, 0) is 28.0 Å². The van der Waals surface area contributed by atoms with Crippen LogP contribution in [0.25, 0.3) is 21.2 Å². The lowest BCUT2D eigenvalue weighted by Crippen LogP contribution is -2.35. The van der Waals surface area contributed by atoms with Gasteiger partial charge in [-0.1, -0.05) is 18.2 Å². The van der Waals surface area contributed by atoms with E-state index in [9.17, 15) is 4.39 Å². The summed E-state index contributed by atoms with van der Waals surface area (Å²) in [4.78, 5) is 6.21. The molecule has 2 aromatic heterocycles. The minimum Gasteiger partial charge on any atom is -0.379 e. The molecule has 0 amide bonds. The molecule has 3 nitrogen and oxygen atoms in total. The fourth-order valence-corrected chi connectivity index (χ4v) is 3.97. The second-order valence-electron chi connectivity index (χ2n) is 5.70. The molecule has 3 heterocycles. The van der Waals surface area contributed by atoms with E-state index in [1.54, 1.807) is 23.6 Å². The summed E-state index contributed by atoms with van der Waals surface area (Å²) in [5.41, 5.74) is 3.09. The van der Waals surface area contributed by atoms with Crippen molar-refractivity contribution in [2.75, 3.05) is 26.3 Å². The van der Waals surface area contributed by atoms with Crippen molar-refractivity contribution in [3.63, 3.8) is 0 Å². The smallest absolute Gasteiger partial charge is 0.213 e. The average Bonchev–Trinajstić information content (AvgIpc) is 3.06. The van der Waals surface area contributed by atoms with Crippen LogP contribution in [-0.2, 0) is 11.3 Å². The van der Waals surface area contributed by atoms with Crippen molar-refractivity contribution in [3.05, 3.63) is 53.4 Å². The monoisotopic (exact) mass is 328 g/mol. The van der Waals surface area contributed by atoms with Gasteiger partial charge in [0.05, 0.1) is 13.2 Å². The van der Waals surface area contributed by atoms with Crippen LogP contribution in [0.2, 0.25) is 0 Å². The quantitative estimate of drug-likeness (QED) is 0.681. The van der Waals surface area contributed by atoms with Crippen LogP contribution in [0.4, 0.5) is 4.39 Å². The Morgan fingerprint density at radius 1 is 1.17 bits per heavy atom. The molecule has 23 heavy (non-hydrogen) atoms. The third-order valence-electron chi connectivity index (χ3n) is 4.22. The largest absolute Gasteiger partial charge is 0.379 e. The molecule has 0 saturated carbocycles. The molecule has 0 radical (unpaired) electrons. The van der Waals surface area contributed by atoms with Gasteiger partial charge in [0.15, 0.2) is 0 Å². The zero-order valence-electron chi connectivity index (χ0n) is 12.7. The number of thiophene rings is 1. The predicted octanol–water partition coefficient (Wildman–Crippen LogP) is 3.93. The van der Waals surface area contributed by atoms with Crippen LogP contribution in [0.15, 0.2) is 41.9 Å². The number of fused-ring (bicyclic) bond motifs is 1. The standard InChI is InChI=1S/C18H17FN2OS/c19-17-10-16(15-3-1-2-13-4-9-23-18(13)15)14(11-20-17)12-21-5-7-22-8-6-21/h1-4,9-11H,5-8,12H2. The maximum absolute atomic E-state index is 13.8. The lowest BCUT2D eigenvalue weighted by Gasteiger charge is -2.27. The van der Waals surface area contributed by atoms with Gasteiger partial charge in [0.25, 0.3) is 0 Å². The molecule has 1 aliphatic heterocycles. The van der Waals surface area contributed by atoms with Gasteiger partial charge in [0.2, 0.25) is 5.95 Å². The molecule has 4 rings (SSSR count). The Bertz CT molecular complexity index is 827. The van der Waals surface area contributed by atoms with Crippen LogP contribution in [-0.4, -0.2) is 36.2 Å². The van der Waals surface area contributed by atoms with E-state index in [-0.39, 0.29) is 0 Å². The number of halogens is 1. The Kier molecular flexibility index (Phi) is 4.08. The highest BCUT2D eigenvalue weighted by atomic mass is 32.1. The Labute approximate surface area is 138 Å². The molecule has 0 unspecified atom stereocenters. The van der Waals surface area contributed by atoms with Crippen molar-refractivity contribution in [2.24, 2.45) is 0 Å². The summed E-state index contributed by atoms with van der Waals surface area (Å²) in [6.07, 6.45) is 1.67. The summed E-state index contributed by atoms with van der Waals surface area (Å²) >= 11 is 1.69. The summed E-state index contributed by atoms with van der Waals surface area (Å²) in [5.74, 6) is -0.431. The van der Waals surface area contributed by atoms with Crippen LogP contribution in [0.5, 0.6) is 0 Å². The summed E-state index contributed by atoms with van der Waals surface area (Å²) in [7, 11) is 0. The molecule has 3 aromatic rings. The van der Waals surface area contributed by atoms with Crippen LogP contribution < -0.4 is 0 Å². The molecule has 0 atom stereocenters. The molecule has 0 N–H and O–H groups in total. The maximum Gasteiger partial charge on any atom is 0.213 e. The number of hydrogen-bond donors (Lipinski definition) is 0. The molecule has 1 aliphatic rings. The van der Waals surface area contributed by atoms with E-state index in [0.717, 1.165) is 49.5 Å². The molecule has 0 aliphatic carbocycles. The first-order valence-electron chi connectivity index (χ1n) is 7.72. The number of nitrogens with zero attached hydrogens (tertiary/aromatic N) is 2. The number of rotatable bonds is 3. The molecular weight excluding hydrogens is 311 g/mol. The van der Waals surface area contributed by atoms with Gasteiger partial charge in [-0.15, -0.1) is 11.3 Å². The first-order chi connectivity index (χ1) is 11.3. The zero-order valence-corrected chi connectivity index (χ0v) is 13.5. The van der Waals surface area contributed by atoms with Crippen molar-refractivity contribution in [2.45, 2.75) is 6.54 Å².